The van der Waals surface area contributed by atoms with Crippen molar-refractivity contribution in [2.24, 2.45) is 0 Å². The second kappa shape index (κ2) is 12.7. The third kappa shape index (κ3) is 7.22. The van der Waals surface area contributed by atoms with Crippen LogP contribution in [0.5, 0.6) is 11.5 Å². The summed E-state index contributed by atoms with van der Waals surface area (Å²) < 4.78 is 11.1. The third-order valence-corrected chi connectivity index (χ3v) is 7.06. The fourth-order valence-corrected chi connectivity index (χ4v) is 4.78. The Balaban J connectivity index is 1.38. The van der Waals surface area contributed by atoms with Gasteiger partial charge in [-0.15, -0.1) is 0 Å². The van der Waals surface area contributed by atoms with E-state index in [-0.39, 0.29) is 17.4 Å². The van der Waals surface area contributed by atoms with Gasteiger partial charge in [-0.05, 0) is 90.8 Å². The minimum Gasteiger partial charge on any atom is -0.493 e. The number of ether oxygens (including phenoxy) is 2. The van der Waals surface area contributed by atoms with E-state index in [0.717, 1.165) is 27.8 Å². The topological polar surface area (TPSA) is 114 Å². The molecule has 0 bridgehead atoms. The number of thioether (sulfide) groups is 1. The van der Waals surface area contributed by atoms with Crippen LogP contribution in [0.3, 0.4) is 0 Å². The van der Waals surface area contributed by atoms with Crippen molar-refractivity contribution in [2.45, 2.75) is 13.8 Å². The lowest BCUT2D eigenvalue weighted by Crippen LogP contribution is -2.36. The highest BCUT2D eigenvalue weighted by Gasteiger charge is 2.36. The fraction of sp³-hybridized carbons (Fsp3) is 0.172. The summed E-state index contributed by atoms with van der Waals surface area (Å²) in [5, 5.41) is 5.30. The molecule has 3 aromatic rings. The summed E-state index contributed by atoms with van der Waals surface area (Å²) in [4.78, 5) is 51.1. The minimum atomic E-state index is -0.585. The highest BCUT2D eigenvalue weighted by atomic mass is 35.5. The molecule has 40 heavy (non-hydrogen) atoms. The van der Waals surface area contributed by atoms with Gasteiger partial charge in [0.2, 0.25) is 5.91 Å². The van der Waals surface area contributed by atoms with Crippen LogP contribution in [-0.2, 0) is 14.4 Å². The fourth-order valence-electron chi connectivity index (χ4n) is 3.75. The molecule has 1 aliphatic rings. The zero-order chi connectivity index (χ0) is 28.8. The van der Waals surface area contributed by atoms with E-state index in [4.69, 9.17) is 21.1 Å². The molecule has 1 fully saturated rings. The summed E-state index contributed by atoms with van der Waals surface area (Å²) in [5.41, 5.74) is 3.89. The number of imide groups is 1. The number of carbonyl (C=O) groups is 4. The average Bonchev–Trinajstić information content (AvgIpc) is 3.17. The lowest BCUT2D eigenvalue weighted by Gasteiger charge is -2.13. The van der Waals surface area contributed by atoms with E-state index in [1.807, 2.05) is 32.0 Å². The van der Waals surface area contributed by atoms with Crippen LogP contribution in [-0.4, -0.2) is 48.1 Å². The first kappa shape index (κ1) is 28.7. The summed E-state index contributed by atoms with van der Waals surface area (Å²) in [5.74, 6) is -0.773. The zero-order valence-electron chi connectivity index (χ0n) is 21.9. The maximum atomic E-state index is 12.9. The number of nitrogens with one attached hydrogen (secondary N) is 2. The summed E-state index contributed by atoms with van der Waals surface area (Å²) in [7, 11) is 1.45. The first-order chi connectivity index (χ1) is 19.1. The first-order valence-corrected chi connectivity index (χ1v) is 13.3. The van der Waals surface area contributed by atoms with Crippen LogP contribution in [0, 0.1) is 13.8 Å². The largest absolute Gasteiger partial charge is 0.493 e. The van der Waals surface area contributed by atoms with Gasteiger partial charge < -0.3 is 20.1 Å². The maximum Gasteiger partial charge on any atom is 0.294 e. The normalized spacial score (nSPS) is 13.9. The monoisotopic (exact) mass is 579 g/mol. The number of hydrogen-bond acceptors (Lipinski definition) is 7. The van der Waals surface area contributed by atoms with E-state index >= 15 is 0 Å². The van der Waals surface area contributed by atoms with Crippen molar-refractivity contribution in [3.63, 3.8) is 0 Å². The van der Waals surface area contributed by atoms with Crippen molar-refractivity contribution in [3.8, 4) is 11.5 Å². The number of halogens is 1. The predicted octanol–water partition coefficient (Wildman–Crippen LogP) is 5.66. The smallest absolute Gasteiger partial charge is 0.294 e. The van der Waals surface area contributed by atoms with Gasteiger partial charge in [0.15, 0.2) is 18.1 Å². The highest BCUT2D eigenvalue weighted by molar-refractivity contribution is 8.18. The van der Waals surface area contributed by atoms with Crippen LogP contribution < -0.4 is 20.1 Å². The zero-order valence-corrected chi connectivity index (χ0v) is 23.5. The molecule has 9 nitrogen and oxygen atoms in total. The molecule has 2 N–H and O–H groups in total. The van der Waals surface area contributed by atoms with Crippen molar-refractivity contribution in [3.05, 3.63) is 87.3 Å². The van der Waals surface area contributed by atoms with Crippen molar-refractivity contribution in [1.82, 2.24) is 4.90 Å². The van der Waals surface area contributed by atoms with Crippen molar-refractivity contribution >= 4 is 63.8 Å². The van der Waals surface area contributed by atoms with Gasteiger partial charge in [-0.3, -0.25) is 24.1 Å². The minimum absolute atomic E-state index is 0.157. The number of methoxy groups -OCH3 is 1. The standard InChI is InChI=1S/C29H26ClN3O6S/c1-17-7-9-22(11-18(17)2)32-27(35)16-39-23-10-8-19(12-24(23)38-3)13-25-28(36)33(29(37)40-25)15-26(34)31-21-6-4-5-20(30)14-21/h4-14H,15-16H2,1-3H3,(H,31,34)(H,32,35)/b25-13+. The van der Waals surface area contributed by atoms with Crippen molar-refractivity contribution in [2.75, 3.05) is 30.9 Å². The Morgan fingerprint density at radius 1 is 0.925 bits per heavy atom. The molecule has 0 aliphatic carbocycles. The summed E-state index contributed by atoms with van der Waals surface area (Å²) in [6.45, 7) is 3.29. The van der Waals surface area contributed by atoms with E-state index in [1.165, 1.54) is 13.2 Å². The maximum absolute atomic E-state index is 12.9. The van der Waals surface area contributed by atoms with Gasteiger partial charge in [-0.25, -0.2) is 0 Å². The number of carbonyl (C=O) groups excluding carboxylic acids is 4. The molecule has 1 heterocycles. The summed E-state index contributed by atoms with van der Waals surface area (Å²) in [6, 6.07) is 17.1. The quantitative estimate of drug-likeness (QED) is 0.314. The third-order valence-electron chi connectivity index (χ3n) is 5.92. The Morgan fingerprint density at radius 2 is 1.68 bits per heavy atom. The summed E-state index contributed by atoms with van der Waals surface area (Å²) in [6.07, 6.45) is 1.53. The van der Waals surface area contributed by atoms with Gasteiger partial charge in [0, 0.05) is 16.4 Å². The number of rotatable bonds is 9. The van der Waals surface area contributed by atoms with Crippen LogP contribution in [0.4, 0.5) is 16.2 Å². The van der Waals surface area contributed by atoms with Gasteiger partial charge in [-0.2, -0.15) is 0 Å². The van der Waals surface area contributed by atoms with E-state index in [2.05, 4.69) is 10.6 Å². The Labute approximate surface area is 240 Å². The van der Waals surface area contributed by atoms with Gasteiger partial charge in [0.05, 0.1) is 12.0 Å². The molecule has 0 unspecified atom stereocenters. The molecule has 206 valence electrons. The number of anilines is 2. The molecular formula is C29H26ClN3O6S. The van der Waals surface area contributed by atoms with Crippen molar-refractivity contribution in [1.29, 1.82) is 0 Å². The molecule has 1 aliphatic heterocycles. The van der Waals surface area contributed by atoms with Crippen LogP contribution in [0.2, 0.25) is 5.02 Å². The van der Waals surface area contributed by atoms with Crippen LogP contribution in [0.25, 0.3) is 6.08 Å². The number of hydrogen-bond donors (Lipinski definition) is 2. The molecule has 4 rings (SSSR count). The lowest BCUT2D eigenvalue weighted by atomic mass is 10.1. The predicted molar refractivity (Wildman–Crippen MR) is 156 cm³/mol. The summed E-state index contributed by atoms with van der Waals surface area (Å²) >= 11 is 6.66. The van der Waals surface area contributed by atoms with E-state index in [1.54, 1.807) is 42.5 Å². The second-order valence-electron chi connectivity index (χ2n) is 8.87. The molecule has 0 radical (unpaired) electrons. The Bertz CT molecular complexity index is 1520. The van der Waals surface area contributed by atoms with Crippen molar-refractivity contribution < 1.29 is 28.7 Å². The second-order valence-corrected chi connectivity index (χ2v) is 10.3. The number of nitrogens with zero attached hydrogens (tertiary/aromatic N) is 1. The van der Waals surface area contributed by atoms with E-state index < -0.39 is 23.6 Å². The van der Waals surface area contributed by atoms with Gasteiger partial charge >= 0.3 is 0 Å². The Hall–Kier alpha value is -4.28. The van der Waals surface area contributed by atoms with Crippen LogP contribution in [0.1, 0.15) is 16.7 Å². The van der Waals surface area contributed by atoms with E-state index in [9.17, 15) is 19.2 Å². The molecule has 0 spiro atoms. The number of amides is 4. The molecule has 11 heteroatoms. The van der Waals surface area contributed by atoms with Crippen LogP contribution >= 0.6 is 23.4 Å². The first-order valence-electron chi connectivity index (χ1n) is 12.1. The van der Waals surface area contributed by atoms with E-state index in [0.29, 0.717) is 33.5 Å². The van der Waals surface area contributed by atoms with Gasteiger partial charge in [0.1, 0.15) is 6.54 Å². The number of aryl methyl sites for hydroxylation is 2. The highest BCUT2D eigenvalue weighted by Crippen LogP contribution is 2.34. The molecule has 0 aromatic heterocycles. The van der Waals surface area contributed by atoms with Gasteiger partial charge in [-0.1, -0.05) is 29.8 Å². The van der Waals surface area contributed by atoms with Crippen LogP contribution in [0.15, 0.2) is 65.6 Å². The lowest BCUT2D eigenvalue weighted by molar-refractivity contribution is -0.127. The number of benzene rings is 3. The molecule has 3 aromatic carbocycles. The Morgan fingerprint density at radius 3 is 2.40 bits per heavy atom. The SMILES string of the molecule is COc1cc(/C=C2/SC(=O)N(CC(=O)Nc3cccc(Cl)c3)C2=O)ccc1OCC(=O)Nc1ccc(C)c(C)c1. The molecule has 4 amide bonds. The average molecular weight is 580 g/mol. The molecular weight excluding hydrogens is 554 g/mol. The molecule has 0 saturated carbocycles. The molecule has 1 saturated heterocycles. The van der Waals surface area contributed by atoms with Gasteiger partial charge in [0.25, 0.3) is 17.1 Å². The molecule has 0 atom stereocenters. The Kier molecular flexibility index (Phi) is 9.13.